The number of methoxy groups -OCH3 is 1. The van der Waals surface area contributed by atoms with E-state index in [1.807, 2.05) is 7.05 Å². The van der Waals surface area contributed by atoms with E-state index in [2.05, 4.69) is 24.5 Å². The van der Waals surface area contributed by atoms with E-state index in [9.17, 15) is 4.39 Å². The molecule has 18 heavy (non-hydrogen) atoms. The van der Waals surface area contributed by atoms with Crippen molar-refractivity contribution in [1.29, 1.82) is 0 Å². The molecule has 0 spiro atoms. The Morgan fingerprint density at radius 2 is 2.00 bits per heavy atom. The van der Waals surface area contributed by atoms with Gasteiger partial charge in [-0.3, -0.25) is 0 Å². The number of hydrogen-bond acceptors (Lipinski definition) is 3. The molecule has 102 valence electrons. The third kappa shape index (κ3) is 3.96. The van der Waals surface area contributed by atoms with Gasteiger partial charge in [0.05, 0.1) is 7.11 Å². The minimum atomic E-state index is -0.228. The van der Waals surface area contributed by atoms with Gasteiger partial charge in [0.15, 0.2) is 0 Å². The average molecular weight is 254 g/mol. The van der Waals surface area contributed by atoms with Crippen molar-refractivity contribution in [2.24, 2.45) is 0 Å². The summed E-state index contributed by atoms with van der Waals surface area (Å²) in [5, 5.41) is 6.43. The van der Waals surface area contributed by atoms with Crippen LogP contribution in [-0.4, -0.2) is 33.8 Å². The lowest BCUT2D eigenvalue weighted by Gasteiger charge is -2.27. The van der Waals surface area contributed by atoms with Crippen molar-refractivity contribution in [3.8, 4) is 5.75 Å². The fourth-order valence-electron chi connectivity index (χ4n) is 1.92. The van der Waals surface area contributed by atoms with E-state index in [-0.39, 0.29) is 11.2 Å². The van der Waals surface area contributed by atoms with Gasteiger partial charge in [-0.15, -0.1) is 0 Å². The molecule has 0 saturated carbocycles. The predicted molar refractivity (Wildman–Crippen MR) is 72.8 cm³/mol. The minimum Gasteiger partial charge on any atom is -0.496 e. The number of hydrogen-bond donors (Lipinski definition) is 2. The van der Waals surface area contributed by atoms with Crippen LogP contribution >= 0.6 is 0 Å². The molecule has 0 amide bonds. The molecule has 3 nitrogen and oxygen atoms in total. The molecule has 0 heterocycles. The molecule has 0 aliphatic carbocycles. The van der Waals surface area contributed by atoms with Crippen LogP contribution < -0.4 is 15.4 Å². The van der Waals surface area contributed by atoms with Crippen LogP contribution in [0.4, 0.5) is 4.39 Å². The van der Waals surface area contributed by atoms with Gasteiger partial charge in [0.2, 0.25) is 0 Å². The highest BCUT2D eigenvalue weighted by molar-refractivity contribution is 5.39. The Kier molecular flexibility index (Phi) is 5.56. The first kappa shape index (κ1) is 14.9. The van der Waals surface area contributed by atoms with Gasteiger partial charge in [0, 0.05) is 30.6 Å². The fourth-order valence-corrected chi connectivity index (χ4v) is 1.92. The van der Waals surface area contributed by atoms with Crippen molar-refractivity contribution >= 4 is 0 Å². The fraction of sp³-hybridized carbons (Fsp3) is 0.571. The molecule has 4 heteroatoms. The van der Waals surface area contributed by atoms with E-state index >= 15 is 0 Å². The zero-order chi connectivity index (χ0) is 13.6. The third-order valence-electron chi connectivity index (χ3n) is 3.01. The van der Waals surface area contributed by atoms with Crippen LogP contribution in [0.5, 0.6) is 5.75 Å². The Morgan fingerprint density at radius 1 is 1.28 bits per heavy atom. The molecule has 1 aromatic carbocycles. The highest BCUT2D eigenvalue weighted by Gasteiger charge is 2.24. The van der Waals surface area contributed by atoms with Crippen molar-refractivity contribution in [3.63, 3.8) is 0 Å². The molecule has 0 bridgehead atoms. The first-order valence-corrected chi connectivity index (χ1v) is 6.20. The minimum absolute atomic E-state index is 0.179. The second kappa shape index (κ2) is 6.71. The summed E-state index contributed by atoms with van der Waals surface area (Å²) >= 11 is 0. The zero-order valence-electron chi connectivity index (χ0n) is 11.6. The molecule has 1 aromatic rings. The number of benzene rings is 1. The van der Waals surface area contributed by atoms with Crippen molar-refractivity contribution in [2.45, 2.75) is 19.3 Å². The molecule has 1 rings (SSSR count). The Balaban J connectivity index is 2.79. The molecule has 0 radical (unpaired) electrons. The lowest BCUT2D eigenvalue weighted by Crippen LogP contribution is -2.36. The van der Waals surface area contributed by atoms with Gasteiger partial charge in [-0.2, -0.15) is 0 Å². The van der Waals surface area contributed by atoms with Gasteiger partial charge in [-0.05, 0) is 25.2 Å². The van der Waals surface area contributed by atoms with E-state index < -0.39 is 0 Å². The van der Waals surface area contributed by atoms with Gasteiger partial charge in [-0.25, -0.2) is 4.39 Å². The molecule has 0 aliphatic heterocycles. The molecule has 0 saturated heterocycles. The summed E-state index contributed by atoms with van der Waals surface area (Å²) in [5.41, 5.74) is 0.711. The third-order valence-corrected chi connectivity index (χ3v) is 3.01. The molecule has 0 unspecified atom stereocenters. The molecular formula is C14H23FN2O. The lowest BCUT2D eigenvalue weighted by molar-refractivity contribution is 0.383. The van der Waals surface area contributed by atoms with Gasteiger partial charge < -0.3 is 15.4 Å². The maximum atomic E-state index is 13.4. The Labute approximate surface area is 109 Å². The number of nitrogens with one attached hydrogen (secondary N) is 2. The molecule has 0 aliphatic rings. The first-order valence-electron chi connectivity index (χ1n) is 6.20. The van der Waals surface area contributed by atoms with E-state index in [0.717, 1.165) is 30.9 Å². The van der Waals surface area contributed by atoms with Gasteiger partial charge in [0.1, 0.15) is 11.6 Å². The summed E-state index contributed by atoms with van der Waals surface area (Å²) in [6, 6.07) is 4.66. The van der Waals surface area contributed by atoms with Crippen molar-refractivity contribution in [3.05, 3.63) is 29.6 Å². The van der Waals surface area contributed by atoms with Crippen LogP contribution in [0.1, 0.15) is 19.4 Å². The number of likely N-dealkylation sites (N-methyl/N-ethyl adjacent to an activating group) is 1. The first-order chi connectivity index (χ1) is 8.51. The zero-order valence-corrected chi connectivity index (χ0v) is 11.6. The molecule has 0 atom stereocenters. The largest absolute Gasteiger partial charge is 0.496 e. The second-order valence-electron chi connectivity index (χ2n) is 5.01. The van der Waals surface area contributed by atoms with E-state index in [1.54, 1.807) is 19.2 Å². The van der Waals surface area contributed by atoms with E-state index in [1.165, 1.54) is 6.07 Å². The lowest BCUT2D eigenvalue weighted by atomic mass is 9.84. The summed E-state index contributed by atoms with van der Waals surface area (Å²) in [6.45, 7) is 6.73. The van der Waals surface area contributed by atoms with Crippen molar-refractivity contribution in [2.75, 3.05) is 33.8 Å². The van der Waals surface area contributed by atoms with Crippen LogP contribution in [0.3, 0.4) is 0 Å². The molecule has 0 aromatic heterocycles. The summed E-state index contributed by atoms with van der Waals surface area (Å²) in [4.78, 5) is 0. The molecule has 0 fully saturated rings. The quantitative estimate of drug-likeness (QED) is 0.729. The van der Waals surface area contributed by atoms with Gasteiger partial charge >= 0.3 is 0 Å². The Hall–Kier alpha value is -1.13. The van der Waals surface area contributed by atoms with Crippen molar-refractivity contribution in [1.82, 2.24) is 10.6 Å². The molecule has 2 N–H and O–H groups in total. The predicted octanol–water partition coefficient (Wildman–Crippen LogP) is 1.92. The van der Waals surface area contributed by atoms with Crippen molar-refractivity contribution < 1.29 is 9.13 Å². The Morgan fingerprint density at radius 3 is 2.61 bits per heavy atom. The maximum Gasteiger partial charge on any atom is 0.123 e. The number of ether oxygens (including phenoxy) is 1. The number of rotatable bonds is 7. The monoisotopic (exact) mass is 254 g/mol. The summed E-state index contributed by atoms with van der Waals surface area (Å²) < 4.78 is 18.7. The SMILES string of the molecule is CNCCNCC(C)(C)c1cc(F)ccc1OC. The van der Waals surface area contributed by atoms with E-state index in [0.29, 0.717) is 0 Å². The summed E-state index contributed by atoms with van der Waals surface area (Å²) in [5.74, 6) is 0.505. The summed E-state index contributed by atoms with van der Waals surface area (Å²) in [6.07, 6.45) is 0. The number of halogens is 1. The highest BCUT2D eigenvalue weighted by atomic mass is 19.1. The Bertz CT molecular complexity index is 380. The maximum absolute atomic E-state index is 13.4. The van der Waals surface area contributed by atoms with Crippen LogP contribution in [0, 0.1) is 5.82 Å². The van der Waals surface area contributed by atoms with Crippen LogP contribution in [-0.2, 0) is 5.41 Å². The normalized spacial score (nSPS) is 11.6. The van der Waals surface area contributed by atoms with E-state index in [4.69, 9.17) is 4.74 Å². The second-order valence-corrected chi connectivity index (χ2v) is 5.01. The summed E-state index contributed by atoms with van der Waals surface area (Å²) in [7, 11) is 3.53. The molecular weight excluding hydrogens is 231 g/mol. The van der Waals surface area contributed by atoms with Crippen LogP contribution in [0.15, 0.2) is 18.2 Å². The smallest absolute Gasteiger partial charge is 0.123 e. The van der Waals surface area contributed by atoms with Crippen LogP contribution in [0.2, 0.25) is 0 Å². The highest BCUT2D eigenvalue weighted by Crippen LogP contribution is 2.31. The van der Waals surface area contributed by atoms with Crippen LogP contribution in [0.25, 0.3) is 0 Å². The average Bonchev–Trinajstić information content (AvgIpc) is 2.35. The standard InChI is InChI=1S/C14H23FN2O/c1-14(2,10-17-8-7-16-3)12-9-11(15)5-6-13(12)18-4/h5-6,9,16-17H,7-8,10H2,1-4H3. The van der Waals surface area contributed by atoms with Gasteiger partial charge in [-0.1, -0.05) is 13.8 Å². The van der Waals surface area contributed by atoms with Gasteiger partial charge in [0.25, 0.3) is 0 Å². The topological polar surface area (TPSA) is 33.3 Å².